The molecule has 0 saturated carbocycles. The summed E-state index contributed by atoms with van der Waals surface area (Å²) in [5.41, 5.74) is 2.41. The van der Waals surface area contributed by atoms with Gasteiger partial charge in [0.15, 0.2) is 0 Å². The molecule has 3 nitrogen and oxygen atoms in total. The topological polar surface area (TPSA) is 33.2 Å². The van der Waals surface area contributed by atoms with E-state index in [1.807, 2.05) is 17.2 Å². The van der Waals surface area contributed by atoms with Gasteiger partial charge in [-0.25, -0.2) is 0 Å². The highest BCUT2D eigenvalue weighted by molar-refractivity contribution is 5.81. The Balaban J connectivity index is 1.81. The van der Waals surface area contributed by atoms with Gasteiger partial charge in [0.05, 0.1) is 5.52 Å². The summed E-state index contributed by atoms with van der Waals surface area (Å²) in [6.45, 7) is 3.46. The number of fused-ring (bicyclic) bond motifs is 1. The molecular formula is C16H18N2O. The van der Waals surface area contributed by atoms with Crippen LogP contribution >= 0.6 is 0 Å². The Labute approximate surface area is 113 Å². The molecule has 2 aromatic rings. The molecule has 1 saturated heterocycles. The van der Waals surface area contributed by atoms with Crippen LogP contribution in [0.15, 0.2) is 36.5 Å². The first-order chi connectivity index (χ1) is 9.24. The molecule has 0 bridgehead atoms. The Morgan fingerprint density at radius 3 is 3.00 bits per heavy atom. The number of para-hydroxylation sites is 1. The zero-order valence-corrected chi connectivity index (χ0v) is 11.2. The van der Waals surface area contributed by atoms with Gasteiger partial charge in [0.2, 0.25) is 5.91 Å². The maximum atomic E-state index is 11.4. The lowest BCUT2D eigenvalue weighted by Crippen LogP contribution is -2.26. The Hall–Kier alpha value is -1.90. The van der Waals surface area contributed by atoms with E-state index >= 15 is 0 Å². The van der Waals surface area contributed by atoms with E-state index < -0.39 is 0 Å². The second-order valence-electron chi connectivity index (χ2n) is 5.31. The van der Waals surface area contributed by atoms with Crippen LogP contribution in [0.1, 0.15) is 18.9 Å². The molecule has 0 radical (unpaired) electrons. The summed E-state index contributed by atoms with van der Waals surface area (Å²) in [5, 5.41) is 1.24. The smallest absolute Gasteiger partial charge is 0.219 e. The van der Waals surface area contributed by atoms with E-state index in [1.165, 1.54) is 10.9 Å². The van der Waals surface area contributed by atoms with Crippen LogP contribution in [0.4, 0.5) is 0 Å². The summed E-state index contributed by atoms with van der Waals surface area (Å²) in [6, 6.07) is 10.4. The largest absolute Gasteiger partial charge is 0.343 e. The number of carbonyl (C=O) groups is 1. The third-order valence-corrected chi connectivity index (χ3v) is 3.98. The number of nitrogens with zero attached hydrogens (tertiary/aromatic N) is 2. The summed E-state index contributed by atoms with van der Waals surface area (Å²) < 4.78 is 0. The number of aromatic nitrogens is 1. The molecule has 3 rings (SSSR count). The lowest BCUT2D eigenvalue weighted by Gasteiger charge is -2.14. The molecule has 0 aliphatic carbocycles. The highest BCUT2D eigenvalue weighted by atomic mass is 16.2. The summed E-state index contributed by atoms with van der Waals surface area (Å²) in [4.78, 5) is 17.7. The zero-order chi connectivity index (χ0) is 13.2. The molecule has 1 atom stereocenters. The van der Waals surface area contributed by atoms with Gasteiger partial charge in [-0.2, -0.15) is 0 Å². The SMILES string of the molecule is CC(=O)N1CCC(Cc2ccnc3ccccc23)C1. The van der Waals surface area contributed by atoms with Crippen molar-refractivity contribution in [2.45, 2.75) is 19.8 Å². The van der Waals surface area contributed by atoms with Gasteiger partial charge in [-0.1, -0.05) is 18.2 Å². The standard InChI is InChI=1S/C16H18N2O/c1-12(19)18-9-7-13(11-18)10-14-6-8-17-16-5-3-2-4-15(14)16/h2-6,8,13H,7,9-11H2,1H3. The van der Waals surface area contributed by atoms with Crippen LogP contribution in [0, 0.1) is 5.92 Å². The number of carbonyl (C=O) groups excluding carboxylic acids is 1. The number of rotatable bonds is 2. The fourth-order valence-corrected chi connectivity index (χ4v) is 2.93. The lowest BCUT2D eigenvalue weighted by atomic mass is 9.96. The average Bonchev–Trinajstić information content (AvgIpc) is 2.88. The highest BCUT2D eigenvalue weighted by Gasteiger charge is 2.24. The van der Waals surface area contributed by atoms with E-state index in [0.717, 1.165) is 31.4 Å². The van der Waals surface area contributed by atoms with Crippen LogP contribution in [0.25, 0.3) is 10.9 Å². The van der Waals surface area contributed by atoms with E-state index in [4.69, 9.17) is 0 Å². The van der Waals surface area contributed by atoms with E-state index in [1.54, 1.807) is 6.92 Å². The average molecular weight is 254 g/mol. The van der Waals surface area contributed by atoms with E-state index in [9.17, 15) is 4.79 Å². The van der Waals surface area contributed by atoms with Gasteiger partial charge in [-0.3, -0.25) is 9.78 Å². The van der Waals surface area contributed by atoms with Crippen molar-refractivity contribution in [1.82, 2.24) is 9.88 Å². The van der Waals surface area contributed by atoms with Gasteiger partial charge in [0.25, 0.3) is 0 Å². The summed E-state index contributed by atoms with van der Waals surface area (Å²) in [5.74, 6) is 0.775. The predicted octanol–water partition coefficient (Wildman–Crippen LogP) is 2.65. The van der Waals surface area contributed by atoms with E-state index in [-0.39, 0.29) is 5.91 Å². The minimum Gasteiger partial charge on any atom is -0.343 e. The van der Waals surface area contributed by atoms with Gasteiger partial charge >= 0.3 is 0 Å². The first-order valence-electron chi connectivity index (χ1n) is 6.82. The van der Waals surface area contributed by atoms with Gasteiger partial charge in [-0.05, 0) is 36.5 Å². The third kappa shape index (κ3) is 2.46. The Morgan fingerprint density at radius 2 is 2.21 bits per heavy atom. The number of benzene rings is 1. The van der Waals surface area contributed by atoms with Crippen molar-refractivity contribution in [3.05, 3.63) is 42.1 Å². The first-order valence-corrected chi connectivity index (χ1v) is 6.82. The van der Waals surface area contributed by atoms with Crippen molar-refractivity contribution in [2.75, 3.05) is 13.1 Å². The van der Waals surface area contributed by atoms with E-state index in [2.05, 4.69) is 29.2 Å². The molecule has 1 aliphatic rings. The number of pyridine rings is 1. The van der Waals surface area contributed by atoms with E-state index in [0.29, 0.717) is 5.92 Å². The van der Waals surface area contributed by atoms with Crippen molar-refractivity contribution < 1.29 is 4.79 Å². The molecule has 98 valence electrons. The minimum absolute atomic E-state index is 0.196. The molecule has 1 aromatic heterocycles. The van der Waals surface area contributed by atoms with Gasteiger partial charge < -0.3 is 4.90 Å². The normalized spacial score (nSPS) is 19.0. The van der Waals surface area contributed by atoms with Gasteiger partial charge in [-0.15, -0.1) is 0 Å². The number of amides is 1. The van der Waals surface area contributed by atoms with Gasteiger partial charge in [0, 0.05) is 31.6 Å². The summed E-state index contributed by atoms with van der Waals surface area (Å²) in [6.07, 6.45) is 4.03. The molecule has 19 heavy (non-hydrogen) atoms. The van der Waals surface area contributed by atoms with Crippen molar-refractivity contribution in [1.29, 1.82) is 0 Å². The molecule has 1 amide bonds. The van der Waals surface area contributed by atoms with Crippen molar-refractivity contribution in [2.24, 2.45) is 5.92 Å². The fraction of sp³-hybridized carbons (Fsp3) is 0.375. The molecule has 1 unspecified atom stereocenters. The lowest BCUT2D eigenvalue weighted by molar-refractivity contribution is -0.127. The molecule has 0 N–H and O–H groups in total. The van der Waals surface area contributed by atoms with Crippen LogP contribution in [0.5, 0.6) is 0 Å². The first kappa shape index (κ1) is 12.2. The second-order valence-corrected chi connectivity index (χ2v) is 5.31. The number of likely N-dealkylation sites (tertiary alicyclic amines) is 1. The Morgan fingerprint density at radius 1 is 1.37 bits per heavy atom. The Bertz CT molecular complexity index is 603. The van der Waals surface area contributed by atoms with Crippen LogP contribution in [-0.2, 0) is 11.2 Å². The molecule has 1 aromatic carbocycles. The molecule has 3 heteroatoms. The zero-order valence-electron chi connectivity index (χ0n) is 11.2. The van der Waals surface area contributed by atoms with Gasteiger partial charge in [0.1, 0.15) is 0 Å². The molecule has 0 spiro atoms. The summed E-state index contributed by atoms with van der Waals surface area (Å²) in [7, 11) is 0. The fourth-order valence-electron chi connectivity index (χ4n) is 2.93. The molecule has 1 fully saturated rings. The van der Waals surface area contributed by atoms with Crippen molar-refractivity contribution in [3.63, 3.8) is 0 Å². The van der Waals surface area contributed by atoms with Crippen LogP contribution in [-0.4, -0.2) is 28.9 Å². The molecule has 1 aliphatic heterocycles. The number of hydrogen-bond acceptors (Lipinski definition) is 2. The maximum absolute atomic E-state index is 11.4. The number of hydrogen-bond donors (Lipinski definition) is 0. The van der Waals surface area contributed by atoms with Crippen LogP contribution < -0.4 is 0 Å². The molecule has 2 heterocycles. The Kier molecular flexibility index (Phi) is 3.20. The van der Waals surface area contributed by atoms with Crippen molar-refractivity contribution in [3.8, 4) is 0 Å². The predicted molar refractivity (Wildman–Crippen MR) is 75.8 cm³/mol. The molecular weight excluding hydrogens is 236 g/mol. The maximum Gasteiger partial charge on any atom is 0.219 e. The van der Waals surface area contributed by atoms with Crippen molar-refractivity contribution >= 4 is 16.8 Å². The quantitative estimate of drug-likeness (QED) is 0.825. The highest BCUT2D eigenvalue weighted by Crippen LogP contribution is 2.24. The second kappa shape index (κ2) is 5.00. The monoisotopic (exact) mass is 254 g/mol. The summed E-state index contributed by atoms with van der Waals surface area (Å²) >= 11 is 0. The van der Waals surface area contributed by atoms with Crippen LogP contribution in [0.2, 0.25) is 0 Å². The minimum atomic E-state index is 0.196. The van der Waals surface area contributed by atoms with Crippen LogP contribution in [0.3, 0.4) is 0 Å². The third-order valence-electron chi connectivity index (χ3n) is 3.98.